The van der Waals surface area contributed by atoms with Crippen molar-refractivity contribution in [3.05, 3.63) is 137 Å². The highest BCUT2D eigenvalue weighted by Gasteiger charge is 2.23. The summed E-state index contributed by atoms with van der Waals surface area (Å²) in [6.07, 6.45) is 1.57. The number of nitrogens with zero attached hydrogens (tertiary/aromatic N) is 3. The van der Waals surface area contributed by atoms with Crippen LogP contribution in [0.15, 0.2) is 72.8 Å². The minimum Gasteiger partial charge on any atom is -0.334 e. The molecule has 4 aromatic carbocycles. The zero-order valence-electron chi connectivity index (χ0n) is 29.7. The first-order chi connectivity index (χ1) is 25.8. The number of hydrogen-bond acceptors (Lipinski definition) is 9. The van der Waals surface area contributed by atoms with Crippen molar-refractivity contribution < 1.29 is 29.2 Å². The molecule has 4 rings (SSSR count). The van der Waals surface area contributed by atoms with Crippen LogP contribution in [0, 0.1) is 30.3 Å². The van der Waals surface area contributed by atoms with Gasteiger partial charge < -0.3 is 31.9 Å². The molecular formula is C36H39N9O9. The van der Waals surface area contributed by atoms with E-state index in [0.29, 0.717) is 36.3 Å². The van der Waals surface area contributed by atoms with E-state index in [4.69, 9.17) is 0 Å². The fraction of sp³-hybridized carbons (Fsp3) is 0.250. The summed E-state index contributed by atoms with van der Waals surface area (Å²) in [5, 5.41) is 49.7. The minimum atomic E-state index is -0.558. The van der Waals surface area contributed by atoms with Gasteiger partial charge in [0.05, 0.1) is 14.8 Å². The van der Waals surface area contributed by atoms with Crippen molar-refractivity contribution in [1.29, 1.82) is 0 Å². The fourth-order valence-electron chi connectivity index (χ4n) is 6.04. The van der Waals surface area contributed by atoms with E-state index < -0.39 is 32.9 Å². The number of benzene rings is 4. The maximum absolute atomic E-state index is 13.0. The van der Waals surface area contributed by atoms with E-state index >= 15 is 0 Å². The van der Waals surface area contributed by atoms with E-state index in [1.54, 1.807) is 0 Å². The van der Waals surface area contributed by atoms with Crippen LogP contribution in [0.3, 0.4) is 0 Å². The van der Waals surface area contributed by atoms with Gasteiger partial charge in [0.25, 0.3) is 17.1 Å². The number of nitrogens with one attached hydrogen (secondary N) is 6. The Kier molecular flexibility index (Phi) is 13.5. The van der Waals surface area contributed by atoms with Gasteiger partial charge in [-0.15, -0.1) is 0 Å². The summed E-state index contributed by atoms with van der Waals surface area (Å²) in [7, 11) is 0. The van der Waals surface area contributed by atoms with Crippen LogP contribution in [0.5, 0.6) is 0 Å². The van der Waals surface area contributed by atoms with Gasteiger partial charge in [0.2, 0.25) is 0 Å². The lowest BCUT2D eigenvalue weighted by Gasteiger charge is -2.27. The Morgan fingerprint density at radius 3 is 0.833 bits per heavy atom. The number of carbonyl (C=O) groups excluding carboxylic acids is 3. The van der Waals surface area contributed by atoms with Crippen molar-refractivity contribution in [2.45, 2.75) is 59.7 Å². The molecule has 18 heteroatoms. The largest absolute Gasteiger partial charge is 0.334 e. The van der Waals surface area contributed by atoms with Crippen LogP contribution in [0.2, 0.25) is 0 Å². The van der Waals surface area contributed by atoms with Crippen LogP contribution in [0.1, 0.15) is 54.2 Å². The number of rotatable bonds is 15. The van der Waals surface area contributed by atoms with Crippen LogP contribution in [-0.2, 0) is 38.9 Å². The molecule has 0 heterocycles. The van der Waals surface area contributed by atoms with Gasteiger partial charge in [-0.25, -0.2) is 14.4 Å². The summed E-state index contributed by atoms with van der Waals surface area (Å²) in [4.78, 5) is 70.5. The van der Waals surface area contributed by atoms with Gasteiger partial charge in [0.15, 0.2) is 0 Å². The third kappa shape index (κ3) is 10.2. The second kappa shape index (κ2) is 18.4. The van der Waals surface area contributed by atoms with E-state index in [1.165, 1.54) is 72.8 Å². The van der Waals surface area contributed by atoms with Crippen LogP contribution >= 0.6 is 0 Å². The summed E-state index contributed by atoms with van der Waals surface area (Å²) < 4.78 is 0. The number of non-ortho nitro benzene ring substituents is 3. The molecule has 4 aromatic rings. The first-order valence-corrected chi connectivity index (χ1v) is 16.9. The third-order valence-electron chi connectivity index (χ3n) is 8.53. The monoisotopic (exact) mass is 741 g/mol. The lowest BCUT2D eigenvalue weighted by atomic mass is 9.83. The Balaban J connectivity index is 1.62. The van der Waals surface area contributed by atoms with Crippen molar-refractivity contribution >= 4 is 52.2 Å². The molecule has 0 saturated heterocycles. The molecule has 0 atom stereocenters. The number of amides is 6. The molecule has 18 nitrogen and oxygen atoms in total. The zero-order valence-corrected chi connectivity index (χ0v) is 29.7. The molecule has 0 saturated carbocycles. The average Bonchev–Trinajstić information content (AvgIpc) is 3.15. The molecular weight excluding hydrogens is 702 g/mol. The SMILES string of the molecule is CCc1c(CNC(=O)Nc2ccc([N+](=O)[O-])cc2)c(CC)c(CNC(=O)Nc2ccc([N+](=O)[O-])cc2)c(CC)c1CNC(=O)Nc1ccc([N+](=O)[O-])cc1. The predicted octanol–water partition coefficient (Wildman–Crippen LogP) is 7.06. The van der Waals surface area contributed by atoms with Crippen LogP contribution < -0.4 is 31.9 Å². The smallest absolute Gasteiger partial charge is 0.319 e. The Morgan fingerprint density at radius 2 is 0.648 bits per heavy atom. The van der Waals surface area contributed by atoms with Gasteiger partial charge in [0, 0.05) is 73.1 Å². The summed E-state index contributed by atoms with van der Waals surface area (Å²) in [5.74, 6) is 0. The molecule has 6 N–H and O–H groups in total. The summed E-state index contributed by atoms with van der Waals surface area (Å²) in [5.41, 5.74) is 5.68. The summed E-state index contributed by atoms with van der Waals surface area (Å²) in [6.45, 7) is 6.05. The molecule has 0 aliphatic heterocycles. The second-order valence-electron chi connectivity index (χ2n) is 11.8. The van der Waals surface area contributed by atoms with Gasteiger partial charge in [-0.1, -0.05) is 20.8 Å². The molecule has 0 aliphatic carbocycles. The highest BCUT2D eigenvalue weighted by Crippen LogP contribution is 2.31. The van der Waals surface area contributed by atoms with Gasteiger partial charge in [-0.2, -0.15) is 0 Å². The molecule has 54 heavy (non-hydrogen) atoms. The van der Waals surface area contributed by atoms with Crippen molar-refractivity contribution in [3.63, 3.8) is 0 Å². The molecule has 0 aliphatic rings. The van der Waals surface area contributed by atoms with E-state index in [-0.39, 0.29) is 36.7 Å². The van der Waals surface area contributed by atoms with E-state index in [0.717, 1.165) is 33.4 Å². The molecule has 0 bridgehead atoms. The lowest BCUT2D eigenvalue weighted by molar-refractivity contribution is -0.385. The minimum absolute atomic E-state index is 0.0686. The predicted molar refractivity (Wildman–Crippen MR) is 201 cm³/mol. The van der Waals surface area contributed by atoms with Crippen molar-refractivity contribution in [1.82, 2.24) is 16.0 Å². The van der Waals surface area contributed by atoms with Gasteiger partial charge in [0.1, 0.15) is 0 Å². The normalized spacial score (nSPS) is 10.5. The zero-order chi connectivity index (χ0) is 39.4. The third-order valence-corrected chi connectivity index (χ3v) is 8.53. The molecule has 0 aromatic heterocycles. The number of hydrogen-bond donors (Lipinski definition) is 6. The maximum atomic E-state index is 13.0. The van der Waals surface area contributed by atoms with Gasteiger partial charge >= 0.3 is 18.1 Å². The Hall–Kier alpha value is -7.11. The second-order valence-corrected chi connectivity index (χ2v) is 11.8. The van der Waals surface area contributed by atoms with Crippen molar-refractivity contribution in [3.8, 4) is 0 Å². The van der Waals surface area contributed by atoms with Crippen LogP contribution in [0.4, 0.5) is 48.5 Å². The quantitative estimate of drug-likeness (QED) is 0.0538. The van der Waals surface area contributed by atoms with Gasteiger partial charge in [-0.05, 0) is 89.0 Å². The van der Waals surface area contributed by atoms with E-state index in [9.17, 15) is 44.7 Å². The Bertz CT molecular complexity index is 1780. The summed E-state index contributed by atoms with van der Waals surface area (Å²) >= 11 is 0. The lowest BCUT2D eigenvalue weighted by Crippen LogP contribution is -2.33. The molecule has 0 radical (unpaired) electrons. The number of urea groups is 3. The van der Waals surface area contributed by atoms with E-state index in [1.807, 2.05) is 20.8 Å². The fourth-order valence-corrected chi connectivity index (χ4v) is 6.04. The first-order valence-electron chi connectivity index (χ1n) is 16.9. The molecule has 0 unspecified atom stereocenters. The molecule has 0 fully saturated rings. The first kappa shape index (κ1) is 39.7. The Morgan fingerprint density at radius 1 is 0.426 bits per heavy atom. The maximum Gasteiger partial charge on any atom is 0.319 e. The van der Waals surface area contributed by atoms with Gasteiger partial charge in [-0.3, -0.25) is 30.3 Å². The highest BCUT2D eigenvalue weighted by molar-refractivity contribution is 5.90. The Labute approximate surface area is 309 Å². The molecule has 282 valence electrons. The highest BCUT2D eigenvalue weighted by atomic mass is 16.6. The number of nitro groups is 3. The van der Waals surface area contributed by atoms with Crippen molar-refractivity contribution in [2.24, 2.45) is 0 Å². The topological polar surface area (TPSA) is 253 Å². The van der Waals surface area contributed by atoms with E-state index in [2.05, 4.69) is 31.9 Å². The molecule has 6 amide bonds. The summed E-state index contributed by atoms with van der Waals surface area (Å²) in [6, 6.07) is 14.5. The molecule has 0 spiro atoms. The van der Waals surface area contributed by atoms with Crippen molar-refractivity contribution in [2.75, 3.05) is 16.0 Å². The number of anilines is 3. The number of carbonyl (C=O) groups is 3. The van der Waals surface area contributed by atoms with Crippen LogP contribution in [-0.4, -0.2) is 32.9 Å². The standard InChI is InChI=1S/C36H39N9O9/c1-4-28-31(19-37-34(46)40-22-7-13-25(14-8-22)43(49)50)29(5-2)33(21-39-36(48)42-24-11-17-27(18-12-24)45(53)54)30(6-3)32(28)20-38-35(47)41-23-9-15-26(16-10-23)44(51)52/h7-18H,4-6,19-21H2,1-3H3,(H2,37,40,46)(H2,38,41,47)(H2,39,42,48). The average molecular weight is 742 g/mol. The van der Waals surface area contributed by atoms with Crippen LogP contribution in [0.25, 0.3) is 0 Å². The number of nitro benzene ring substituents is 3.